The number of benzene rings is 1. The van der Waals surface area contributed by atoms with E-state index in [1.54, 1.807) is 11.8 Å². The first-order valence-corrected chi connectivity index (χ1v) is 7.68. The number of hydrogen-bond donors (Lipinski definition) is 2. The molecule has 104 valence electrons. The maximum Gasteiger partial charge on any atom is 0.224 e. The van der Waals surface area contributed by atoms with Crippen molar-refractivity contribution in [2.75, 3.05) is 12.8 Å². The largest absolute Gasteiger partial charge is 0.389 e. The van der Waals surface area contributed by atoms with Crippen molar-refractivity contribution < 1.29 is 4.79 Å². The summed E-state index contributed by atoms with van der Waals surface area (Å²) in [6.45, 7) is 4.88. The lowest BCUT2D eigenvalue weighted by atomic mass is 10.1. The van der Waals surface area contributed by atoms with Gasteiger partial charge in [0.15, 0.2) is 0 Å². The van der Waals surface area contributed by atoms with E-state index < -0.39 is 0 Å². The summed E-state index contributed by atoms with van der Waals surface area (Å²) < 4.78 is 0.0608. The predicted molar refractivity (Wildman–Crippen MR) is 86.6 cm³/mol. The minimum Gasteiger partial charge on any atom is -0.389 e. The van der Waals surface area contributed by atoms with E-state index in [1.807, 2.05) is 30.5 Å². The molecule has 5 heteroatoms. The fourth-order valence-corrected chi connectivity index (χ4v) is 1.77. The number of thioether (sulfide) groups is 1. The number of amides is 1. The second kappa shape index (κ2) is 6.91. The van der Waals surface area contributed by atoms with Gasteiger partial charge in [-0.25, -0.2) is 0 Å². The highest BCUT2D eigenvalue weighted by atomic mass is 32.2. The van der Waals surface area contributed by atoms with Crippen LogP contribution in [0, 0.1) is 0 Å². The van der Waals surface area contributed by atoms with Crippen molar-refractivity contribution in [3.05, 3.63) is 35.4 Å². The normalized spacial score (nSPS) is 11.1. The maximum absolute atomic E-state index is 11.8. The minimum atomic E-state index is 0.0326. The third-order valence-electron chi connectivity index (χ3n) is 2.87. The van der Waals surface area contributed by atoms with E-state index in [1.165, 1.54) is 0 Å². The summed E-state index contributed by atoms with van der Waals surface area (Å²) in [7, 11) is 0. The first-order chi connectivity index (χ1) is 8.84. The molecule has 0 heterocycles. The smallest absolute Gasteiger partial charge is 0.224 e. The Bertz CT molecular complexity index is 455. The molecule has 0 atom stereocenters. The van der Waals surface area contributed by atoms with Crippen LogP contribution < -0.4 is 11.1 Å². The molecule has 0 unspecified atom stereocenters. The zero-order chi connectivity index (χ0) is 14.5. The molecule has 0 saturated carbocycles. The van der Waals surface area contributed by atoms with Gasteiger partial charge in [-0.15, -0.1) is 0 Å². The topological polar surface area (TPSA) is 55.1 Å². The van der Waals surface area contributed by atoms with Crippen molar-refractivity contribution in [1.29, 1.82) is 0 Å². The molecule has 0 aromatic heterocycles. The Morgan fingerprint density at radius 3 is 2.42 bits per heavy atom. The number of nitrogens with two attached hydrogens (primary N) is 1. The Labute approximate surface area is 124 Å². The molecule has 0 bridgehead atoms. The predicted octanol–water partition coefficient (Wildman–Crippen LogP) is 2.12. The number of carbonyl (C=O) groups excluding carboxylic acids is 1. The van der Waals surface area contributed by atoms with Gasteiger partial charge >= 0.3 is 0 Å². The molecule has 19 heavy (non-hydrogen) atoms. The van der Waals surface area contributed by atoms with Gasteiger partial charge in [0.25, 0.3) is 0 Å². The summed E-state index contributed by atoms with van der Waals surface area (Å²) in [5.74, 6) is 0.0326. The fraction of sp³-hybridized carbons (Fsp3) is 0.429. The molecule has 1 aromatic rings. The van der Waals surface area contributed by atoms with Crippen LogP contribution in [0.3, 0.4) is 0 Å². The Balaban J connectivity index is 2.51. The van der Waals surface area contributed by atoms with Crippen molar-refractivity contribution >= 4 is 34.9 Å². The lowest BCUT2D eigenvalue weighted by Crippen LogP contribution is -2.36. The molecular formula is C14H20N2OS2. The van der Waals surface area contributed by atoms with Crippen LogP contribution in [0.15, 0.2) is 24.3 Å². The molecular weight excluding hydrogens is 276 g/mol. The standard InChI is InChI=1S/C14H20N2OS2/c1-14(2,19-3)9-16-12(17)8-10-4-6-11(7-5-10)13(15)18/h4-7H,8-9H2,1-3H3,(H2,15,18)(H,16,17). The van der Waals surface area contributed by atoms with Crippen LogP contribution in [0.2, 0.25) is 0 Å². The maximum atomic E-state index is 11.8. The van der Waals surface area contributed by atoms with Crippen LogP contribution in [0.5, 0.6) is 0 Å². The number of nitrogens with one attached hydrogen (secondary N) is 1. The van der Waals surface area contributed by atoms with E-state index in [9.17, 15) is 4.79 Å². The Hall–Kier alpha value is -1.07. The van der Waals surface area contributed by atoms with E-state index in [2.05, 4.69) is 19.2 Å². The molecule has 3 N–H and O–H groups in total. The first-order valence-electron chi connectivity index (χ1n) is 6.04. The van der Waals surface area contributed by atoms with E-state index >= 15 is 0 Å². The van der Waals surface area contributed by atoms with Crippen molar-refractivity contribution in [3.8, 4) is 0 Å². The van der Waals surface area contributed by atoms with Crippen LogP contribution in [0.1, 0.15) is 25.0 Å². The van der Waals surface area contributed by atoms with Crippen molar-refractivity contribution in [1.82, 2.24) is 5.32 Å². The number of hydrogen-bond acceptors (Lipinski definition) is 3. The Morgan fingerprint density at radius 2 is 1.95 bits per heavy atom. The summed E-state index contributed by atoms with van der Waals surface area (Å²) in [5, 5.41) is 2.95. The van der Waals surface area contributed by atoms with Crippen molar-refractivity contribution in [2.45, 2.75) is 25.0 Å². The molecule has 3 nitrogen and oxygen atoms in total. The number of carbonyl (C=O) groups is 1. The van der Waals surface area contributed by atoms with Gasteiger partial charge in [-0.1, -0.05) is 36.5 Å². The van der Waals surface area contributed by atoms with Gasteiger partial charge in [0.05, 0.1) is 6.42 Å². The molecule has 0 radical (unpaired) electrons. The molecule has 0 saturated heterocycles. The zero-order valence-electron chi connectivity index (χ0n) is 11.5. The molecule has 0 aliphatic rings. The second-order valence-corrected chi connectivity index (χ2v) is 6.93. The summed E-state index contributed by atoms with van der Waals surface area (Å²) >= 11 is 6.62. The van der Waals surface area contributed by atoms with Gasteiger partial charge in [0, 0.05) is 16.9 Å². The second-order valence-electron chi connectivity index (χ2n) is 4.98. The molecule has 1 amide bonds. The van der Waals surface area contributed by atoms with Crippen LogP contribution >= 0.6 is 24.0 Å². The fourth-order valence-electron chi connectivity index (χ4n) is 1.42. The highest BCUT2D eigenvalue weighted by molar-refractivity contribution is 7.99. The Morgan fingerprint density at radius 1 is 1.37 bits per heavy atom. The number of thiocarbonyl (C=S) groups is 1. The van der Waals surface area contributed by atoms with Gasteiger partial charge in [0.2, 0.25) is 5.91 Å². The molecule has 0 aliphatic heterocycles. The third kappa shape index (κ3) is 5.61. The average Bonchev–Trinajstić information content (AvgIpc) is 2.37. The summed E-state index contributed by atoms with van der Waals surface area (Å²) in [5.41, 5.74) is 7.31. The molecule has 1 rings (SSSR count). The molecule has 0 aliphatic carbocycles. The Kier molecular flexibility index (Phi) is 5.82. The van der Waals surface area contributed by atoms with E-state index in [0.29, 0.717) is 18.0 Å². The summed E-state index contributed by atoms with van der Waals surface area (Å²) in [4.78, 5) is 12.2. The van der Waals surface area contributed by atoms with Crippen LogP contribution in [-0.4, -0.2) is 28.4 Å². The lowest BCUT2D eigenvalue weighted by Gasteiger charge is -2.22. The van der Waals surface area contributed by atoms with Crippen LogP contribution in [0.25, 0.3) is 0 Å². The average molecular weight is 296 g/mol. The van der Waals surface area contributed by atoms with Gasteiger partial charge in [-0.2, -0.15) is 11.8 Å². The van der Waals surface area contributed by atoms with Gasteiger partial charge < -0.3 is 11.1 Å². The zero-order valence-corrected chi connectivity index (χ0v) is 13.2. The monoisotopic (exact) mass is 296 g/mol. The number of rotatable bonds is 6. The summed E-state index contributed by atoms with van der Waals surface area (Å²) in [6, 6.07) is 7.45. The lowest BCUT2D eigenvalue weighted by molar-refractivity contribution is -0.120. The highest BCUT2D eigenvalue weighted by Gasteiger charge is 2.16. The van der Waals surface area contributed by atoms with Gasteiger partial charge in [0.1, 0.15) is 4.99 Å². The van der Waals surface area contributed by atoms with Crippen LogP contribution in [-0.2, 0) is 11.2 Å². The molecule has 1 aromatic carbocycles. The van der Waals surface area contributed by atoms with Gasteiger partial charge in [-0.05, 0) is 25.7 Å². The SMILES string of the molecule is CSC(C)(C)CNC(=O)Cc1ccc(C(N)=S)cc1. The highest BCUT2D eigenvalue weighted by Crippen LogP contribution is 2.19. The first kappa shape index (κ1) is 16.0. The van der Waals surface area contributed by atoms with E-state index in [-0.39, 0.29) is 10.7 Å². The molecule has 0 fully saturated rings. The van der Waals surface area contributed by atoms with Crippen molar-refractivity contribution in [2.24, 2.45) is 5.73 Å². The van der Waals surface area contributed by atoms with Crippen molar-refractivity contribution in [3.63, 3.8) is 0 Å². The molecule has 0 spiro atoms. The van der Waals surface area contributed by atoms with E-state index in [4.69, 9.17) is 18.0 Å². The third-order valence-corrected chi connectivity index (χ3v) is 4.35. The summed E-state index contributed by atoms with van der Waals surface area (Å²) in [6.07, 6.45) is 2.42. The van der Waals surface area contributed by atoms with Crippen LogP contribution in [0.4, 0.5) is 0 Å². The van der Waals surface area contributed by atoms with Gasteiger partial charge in [-0.3, -0.25) is 4.79 Å². The quantitative estimate of drug-likeness (QED) is 0.790. The van der Waals surface area contributed by atoms with E-state index in [0.717, 1.165) is 11.1 Å². The minimum absolute atomic E-state index is 0.0326.